The number of anilines is 3. The summed E-state index contributed by atoms with van der Waals surface area (Å²) >= 11 is 11.9. The fourth-order valence-electron chi connectivity index (χ4n) is 4.48. The van der Waals surface area contributed by atoms with Gasteiger partial charge in [0.25, 0.3) is 0 Å². The molecule has 2 fully saturated rings. The average molecular weight is 465 g/mol. The summed E-state index contributed by atoms with van der Waals surface area (Å²) in [5, 5.41) is 17.2. The van der Waals surface area contributed by atoms with Crippen molar-refractivity contribution in [1.29, 1.82) is 0 Å². The van der Waals surface area contributed by atoms with Gasteiger partial charge in [0, 0.05) is 42.1 Å². The molecule has 0 aromatic carbocycles. The lowest BCUT2D eigenvalue weighted by molar-refractivity contribution is 0.126. The van der Waals surface area contributed by atoms with Crippen molar-refractivity contribution in [1.82, 2.24) is 19.9 Å². The van der Waals surface area contributed by atoms with E-state index in [2.05, 4.69) is 25.5 Å². The van der Waals surface area contributed by atoms with E-state index in [1.807, 2.05) is 12.3 Å². The average Bonchev–Trinajstić information content (AvgIpc) is 2.77. The highest BCUT2D eigenvalue weighted by atomic mass is 35.5. The first-order valence-electron chi connectivity index (χ1n) is 11.1. The van der Waals surface area contributed by atoms with Crippen LogP contribution in [-0.2, 0) is 0 Å². The first-order chi connectivity index (χ1) is 15.1. The third-order valence-corrected chi connectivity index (χ3v) is 6.64. The predicted molar refractivity (Wildman–Crippen MR) is 126 cm³/mol. The fraction of sp³-hybridized carbons (Fsp3) is 0.591. The number of likely N-dealkylation sites (tertiary alicyclic amines) is 1. The summed E-state index contributed by atoms with van der Waals surface area (Å²) in [4.78, 5) is 15.9. The van der Waals surface area contributed by atoms with Crippen LogP contribution in [0.4, 0.5) is 17.5 Å². The first-order valence-corrected chi connectivity index (χ1v) is 12.0. The van der Waals surface area contributed by atoms with Gasteiger partial charge >= 0.3 is 0 Å². The van der Waals surface area contributed by atoms with E-state index in [4.69, 9.17) is 28.2 Å². The molecule has 0 atom stereocenters. The van der Waals surface area contributed by atoms with Crippen LogP contribution in [0.5, 0.6) is 0 Å². The number of alkyl halides is 1. The maximum Gasteiger partial charge on any atom is 0.229 e. The topological polar surface area (TPSA) is 86.2 Å². The largest absolute Gasteiger partial charge is 0.393 e. The maximum absolute atomic E-state index is 9.86. The smallest absolute Gasteiger partial charge is 0.229 e. The van der Waals surface area contributed by atoms with Gasteiger partial charge in [0.15, 0.2) is 0 Å². The molecule has 2 aromatic heterocycles. The van der Waals surface area contributed by atoms with Crippen molar-refractivity contribution in [2.75, 3.05) is 36.1 Å². The first kappa shape index (κ1) is 22.5. The Morgan fingerprint density at radius 1 is 1.10 bits per heavy atom. The van der Waals surface area contributed by atoms with E-state index in [1.165, 1.54) is 5.56 Å². The molecule has 7 nitrogen and oxygen atoms in total. The zero-order valence-corrected chi connectivity index (χ0v) is 19.1. The third-order valence-electron chi connectivity index (χ3n) is 6.27. The number of hydrogen-bond acceptors (Lipinski definition) is 7. The lowest BCUT2D eigenvalue weighted by Gasteiger charge is -2.33. The number of aromatic nitrogens is 3. The van der Waals surface area contributed by atoms with Crippen molar-refractivity contribution in [2.24, 2.45) is 0 Å². The van der Waals surface area contributed by atoms with E-state index in [0.29, 0.717) is 28.9 Å². The summed E-state index contributed by atoms with van der Waals surface area (Å²) in [5.74, 6) is 2.53. The highest BCUT2D eigenvalue weighted by molar-refractivity contribution is 6.29. The lowest BCUT2D eigenvalue weighted by atomic mass is 9.89. The molecule has 0 spiro atoms. The van der Waals surface area contributed by atoms with Crippen LogP contribution in [0.2, 0.25) is 5.15 Å². The number of aliphatic hydroxyl groups excluding tert-OH is 1. The number of nitrogens with one attached hydrogen (secondary N) is 2. The number of aliphatic hydroxyl groups is 1. The number of hydrogen-bond donors (Lipinski definition) is 3. The molecule has 1 aliphatic heterocycles. The van der Waals surface area contributed by atoms with E-state index < -0.39 is 0 Å². The van der Waals surface area contributed by atoms with Crippen LogP contribution in [0.1, 0.15) is 50.0 Å². The summed E-state index contributed by atoms with van der Waals surface area (Å²) < 4.78 is 0. The predicted octanol–water partition coefficient (Wildman–Crippen LogP) is 4.40. The van der Waals surface area contributed by atoms with Gasteiger partial charge in [-0.3, -0.25) is 0 Å². The van der Waals surface area contributed by atoms with Gasteiger partial charge in [-0.25, -0.2) is 9.97 Å². The molecule has 3 N–H and O–H groups in total. The van der Waals surface area contributed by atoms with Crippen LogP contribution in [0.3, 0.4) is 0 Å². The Balaban J connectivity index is 1.53. The molecular weight excluding hydrogens is 435 g/mol. The zero-order chi connectivity index (χ0) is 21.6. The minimum absolute atomic E-state index is 0.178. The molecule has 0 radical (unpaired) electrons. The number of rotatable bonds is 7. The Hall–Kier alpha value is -1.67. The highest BCUT2D eigenvalue weighted by Crippen LogP contribution is 2.34. The Bertz CT molecular complexity index is 854. The SMILES string of the molecule is OC1CCC(Nc2nc(Nc3ccnc(Cl)c3)ncc2C2CCN(CCCl)CC2)CC1. The maximum atomic E-state index is 9.86. The van der Waals surface area contributed by atoms with Crippen LogP contribution in [0.25, 0.3) is 0 Å². The number of halogens is 2. The van der Waals surface area contributed by atoms with Gasteiger partial charge in [0.2, 0.25) is 5.95 Å². The van der Waals surface area contributed by atoms with Crippen molar-refractivity contribution < 1.29 is 5.11 Å². The molecular formula is C22H30Cl2N6O. The zero-order valence-electron chi connectivity index (χ0n) is 17.6. The van der Waals surface area contributed by atoms with Gasteiger partial charge < -0.3 is 20.6 Å². The van der Waals surface area contributed by atoms with Gasteiger partial charge in [-0.15, -0.1) is 11.6 Å². The van der Waals surface area contributed by atoms with E-state index in [1.54, 1.807) is 12.3 Å². The summed E-state index contributed by atoms with van der Waals surface area (Å²) in [6.45, 7) is 3.03. The van der Waals surface area contributed by atoms with Crippen LogP contribution in [0, 0.1) is 0 Å². The van der Waals surface area contributed by atoms with Gasteiger partial charge in [0.1, 0.15) is 11.0 Å². The van der Waals surface area contributed by atoms with Gasteiger partial charge in [-0.1, -0.05) is 11.6 Å². The normalized spacial score (nSPS) is 22.9. The Kier molecular flexibility index (Phi) is 7.82. The molecule has 0 bridgehead atoms. The minimum atomic E-state index is -0.178. The molecule has 0 amide bonds. The molecule has 3 heterocycles. The lowest BCUT2D eigenvalue weighted by Crippen LogP contribution is -2.35. The Morgan fingerprint density at radius 3 is 2.58 bits per heavy atom. The Labute approximate surface area is 193 Å². The molecule has 2 aliphatic rings. The molecule has 2 aromatic rings. The van der Waals surface area contributed by atoms with Crippen LogP contribution in [-0.4, -0.2) is 62.6 Å². The molecule has 168 valence electrons. The molecule has 9 heteroatoms. The molecule has 0 unspecified atom stereocenters. The number of piperidine rings is 1. The Morgan fingerprint density at radius 2 is 1.87 bits per heavy atom. The van der Waals surface area contributed by atoms with Crippen molar-refractivity contribution in [2.45, 2.75) is 56.6 Å². The highest BCUT2D eigenvalue weighted by Gasteiger charge is 2.26. The summed E-state index contributed by atoms with van der Waals surface area (Å²) in [6.07, 6.45) is 9.13. The van der Waals surface area contributed by atoms with Crippen molar-refractivity contribution in [3.05, 3.63) is 35.2 Å². The van der Waals surface area contributed by atoms with Crippen LogP contribution < -0.4 is 10.6 Å². The summed E-state index contributed by atoms with van der Waals surface area (Å²) in [7, 11) is 0. The second kappa shape index (κ2) is 10.8. The summed E-state index contributed by atoms with van der Waals surface area (Å²) in [5.41, 5.74) is 1.98. The van der Waals surface area contributed by atoms with E-state index in [9.17, 15) is 5.11 Å². The second-order valence-corrected chi connectivity index (χ2v) is 9.21. The quantitative estimate of drug-likeness (QED) is 0.413. The van der Waals surface area contributed by atoms with Gasteiger partial charge in [0.05, 0.1) is 6.10 Å². The molecule has 4 rings (SSSR count). The van der Waals surface area contributed by atoms with E-state index in [-0.39, 0.29) is 6.10 Å². The molecule has 1 aliphatic carbocycles. The van der Waals surface area contributed by atoms with Crippen molar-refractivity contribution >= 4 is 40.7 Å². The number of nitrogens with zero attached hydrogens (tertiary/aromatic N) is 4. The van der Waals surface area contributed by atoms with Gasteiger partial charge in [-0.2, -0.15) is 4.98 Å². The molecule has 1 saturated carbocycles. The fourth-order valence-corrected chi connectivity index (χ4v) is 4.89. The summed E-state index contributed by atoms with van der Waals surface area (Å²) in [6, 6.07) is 3.91. The van der Waals surface area contributed by atoms with E-state index in [0.717, 1.165) is 69.7 Å². The second-order valence-electron chi connectivity index (χ2n) is 8.44. The van der Waals surface area contributed by atoms with Crippen molar-refractivity contribution in [3.8, 4) is 0 Å². The molecule has 31 heavy (non-hydrogen) atoms. The van der Waals surface area contributed by atoms with Gasteiger partial charge in [-0.05, 0) is 69.7 Å². The monoisotopic (exact) mass is 464 g/mol. The third kappa shape index (κ3) is 6.19. The minimum Gasteiger partial charge on any atom is -0.393 e. The van der Waals surface area contributed by atoms with Crippen molar-refractivity contribution in [3.63, 3.8) is 0 Å². The number of pyridine rings is 1. The van der Waals surface area contributed by atoms with E-state index >= 15 is 0 Å². The molecule has 1 saturated heterocycles. The van der Waals surface area contributed by atoms with Crippen LogP contribution in [0.15, 0.2) is 24.5 Å². The van der Waals surface area contributed by atoms with Crippen LogP contribution >= 0.6 is 23.2 Å². The standard InChI is InChI=1S/C22H30Cl2N6O/c23-8-12-30-10-6-15(7-11-30)19-14-26-22(28-17-5-9-25-20(24)13-17)29-21(19)27-16-1-3-18(31)4-2-16/h5,9,13-16,18,31H,1-4,6-8,10-12H2,(H2,25,26,27,28,29).